The van der Waals surface area contributed by atoms with E-state index in [4.69, 9.17) is 4.74 Å². The summed E-state index contributed by atoms with van der Waals surface area (Å²) in [4.78, 5) is 29.4. The van der Waals surface area contributed by atoms with Gasteiger partial charge in [0.1, 0.15) is 5.75 Å². The number of anilines is 3. The molecule has 2 N–H and O–H groups in total. The third-order valence-electron chi connectivity index (χ3n) is 6.15. The van der Waals surface area contributed by atoms with E-state index in [0.717, 1.165) is 49.7 Å². The van der Waals surface area contributed by atoms with Crippen LogP contribution < -0.4 is 25.2 Å². The van der Waals surface area contributed by atoms with Crippen molar-refractivity contribution in [1.82, 2.24) is 5.32 Å². The highest BCUT2D eigenvalue weighted by Crippen LogP contribution is 2.31. The van der Waals surface area contributed by atoms with Crippen molar-refractivity contribution in [1.29, 1.82) is 0 Å². The van der Waals surface area contributed by atoms with Crippen molar-refractivity contribution in [2.45, 2.75) is 13.3 Å². The van der Waals surface area contributed by atoms with Crippen LogP contribution in [0.1, 0.15) is 22.8 Å². The number of carbonyl (C=O) groups is 2. The van der Waals surface area contributed by atoms with Gasteiger partial charge in [0.2, 0.25) is 5.91 Å². The molecule has 0 aliphatic carbocycles. The second-order valence-corrected chi connectivity index (χ2v) is 8.55. The van der Waals surface area contributed by atoms with Crippen molar-refractivity contribution in [3.63, 3.8) is 0 Å². The lowest BCUT2D eigenvalue weighted by Crippen LogP contribution is -2.47. The van der Waals surface area contributed by atoms with Crippen molar-refractivity contribution in [2.24, 2.45) is 0 Å². The average molecular weight is 473 g/mol. The maximum absolute atomic E-state index is 13.2. The molecular formula is C28H32N4O3. The predicted octanol–water partition coefficient (Wildman–Crippen LogP) is 3.95. The van der Waals surface area contributed by atoms with Gasteiger partial charge in [-0.2, -0.15) is 0 Å². The molecule has 35 heavy (non-hydrogen) atoms. The van der Waals surface area contributed by atoms with Crippen LogP contribution in [-0.4, -0.2) is 51.6 Å². The van der Waals surface area contributed by atoms with Gasteiger partial charge in [0.05, 0.1) is 18.4 Å². The van der Waals surface area contributed by atoms with E-state index >= 15 is 0 Å². The van der Waals surface area contributed by atoms with Crippen molar-refractivity contribution >= 4 is 28.9 Å². The van der Waals surface area contributed by atoms with E-state index in [1.807, 2.05) is 48.5 Å². The van der Waals surface area contributed by atoms with Crippen molar-refractivity contribution in [3.8, 4) is 5.75 Å². The lowest BCUT2D eigenvalue weighted by molar-refractivity contribution is -0.114. The van der Waals surface area contributed by atoms with Crippen LogP contribution in [0.3, 0.4) is 0 Å². The summed E-state index contributed by atoms with van der Waals surface area (Å²) in [6, 6.07) is 23.7. The number of benzene rings is 3. The van der Waals surface area contributed by atoms with Crippen LogP contribution in [0.25, 0.3) is 0 Å². The van der Waals surface area contributed by atoms with Gasteiger partial charge in [-0.3, -0.25) is 9.59 Å². The number of nitrogens with one attached hydrogen (secondary N) is 2. The molecule has 1 saturated heterocycles. The molecule has 0 radical (unpaired) electrons. The van der Waals surface area contributed by atoms with Crippen LogP contribution >= 0.6 is 0 Å². The molecule has 7 heteroatoms. The number of hydrogen-bond donors (Lipinski definition) is 2. The van der Waals surface area contributed by atoms with Gasteiger partial charge in [0.15, 0.2) is 0 Å². The van der Waals surface area contributed by atoms with Gasteiger partial charge in [-0.1, -0.05) is 42.5 Å². The van der Waals surface area contributed by atoms with Crippen molar-refractivity contribution in [3.05, 3.63) is 83.9 Å². The third-order valence-corrected chi connectivity index (χ3v) is 6.15. The maximum Gasteiger partial charge on any atom is 0.253 e. The quantitative estimate of drug-likeness (QED) is 0.519. The molecule has 1 aliphatic rings. The fourth-order valence-corrected chi connectivity index (χ4v) is 4.41. The smallest absolute Gasteiger partial charge is 0.253 e. The minimum Gasteiger partial charge on any atom is -0.495 e. The summed E-state index contributed by atoms with van der Waals surface area (Å²) in [6.07, 6.45) is 0.755. The first-order valence-corrected chi connectivity index (χ1v) is 11.9. The molecule has 1 aliphatic heterocycles. The molecule has 0 unspecified atom stereocenters. The molecule has 4 rings (SSSR count). The number of para-hydroxylation sites is 2. The lowest BCUT2D eigenvalue weighted by Gasteiger charge is -2.38. The topological polar surface area (TPSA) is 73.9 Å². The summed E-state index contributed by atoms with van der Waals surface area (Å²) in [5, 5.41) is 5.85. The summed E-state index contributed by atoms with van der Waals surface area (Å²) >= 11 is 0. The van der Waals surface area contributed by atoms with E-state index in [2.05, 4.69) is 38.6 Å². The first-order chi connectivity index (χ1) is 17.0. The van der Waals surface area contributed by atoms with Crippen LogP contribution in [0.5, 0.6) is 5.75 Å². The Hall–Kier alpha value is -4.00. The molecule has 7 nitrogen and oxygen atoms in total. The highest BCUT2D eigenvalue weighted by atomic mass is 16.5. The Balaban J connectivity index is 1.48. The molecular weight excluding hydrogens is 440 g/mol. The van der Waals surface area contributed by atoms with Gasteiger partial charge in [-0.25, -0.2) is 0 Å². The Labute approximate surface area is 206 Å². The van der Waals surface area contributed by atoms with E-state index in [9.17, 15) is 9.59 Å². The zero-order chi connectivity index (χ0) is 24.6. The van der Waals surface area contributed by atoms with Gasteiger partial charge in [-0.15, -0.1) is 0 Å². The van der Waals surface area contributed by atoms with Crippen LogP contribution in [0.2, 0.25) is 0 Å². The summed E-state index contributed by atoms with van der Waals surface area (Å²) in [5.74, 6) is 0.549. The third kappa shape index (κ3) is 6.12. The van der Waals surface area contributed by atoms with Crippen molar-refractivity contribution in [2.75, 3.05) is 55.0 Å². The van der Waals surface area contributed by atoms with E-state index in [1.54, 1.807) is 13.2 Å². The number of amides is 2. The Morgan fingerprint density at radius 2 is 1.51 bits per heavy atom. The van der Waals surface area contributed by atoms with E-state index in [-0.39, 0.29) is 11.8 Å². The summed E-state index contributed by atoms with van der Waals surface area (Å²) < 4.78 is 5.53. The van der Waals surface area contributed by atoms with Crippen molar-refractivity contribution < 1.29 is 14.3 Å². The molecule has 182 valence electrons. The first kappa shape index (κ1) is 24.1. The van der Waals surface area contributed by atoms with Gasteiger partial charge >= 0.3 is 0 Å². The summed E-state index contributed by atoms with van der Waals surface area (Å²) in [7, 11) is 1.69. The minimum atomic E-state index is -0.168. The second kappa shape index (κ2) is 11.4. The Bertz CT molecular complexity index is 1160. The monoisotopic (exact) mass is 472 g/mol. The zero-order valence-electron chi connectivity index (χ0n) is 20.3. The average Bonchev–Trinajstić information content (AvgIpc) is 2.89. The molecule has 0 saturated carbocycles. The summed E-state index contributed by atoms with van der Waals surface area (Å²) in [6.45, 7) is 5.15. The maximum atomic E-state index is 13.2. The summed E-state index contributed by atoms with van der Waals surface area (Å²) in [5.41, 5.74) is 4.30. The van der Waals surface area contributed by atoms with E-state index in [1.165, 1.54) is 12.5 Å². The Morgan fingerprint density at radius 1 is 0.857 bits per heavy atom. The number of piperazine rings is 1. The molecule has 3 aromatic rings. The molecule has 0 bridgehead atoms. The molecule has 0 atom stereocenters. The van der Waals surface area contributed by atoms with Crippen LogP contribution in [0, 0.1) is 0 Å². The van der Waals surface area contributed by atoms with Gasteiger partial charge < -0.3 is 25.2 Å². The number of ether oxygens (including phenoxy) is 1. The lowest BCUT2D eigenvalue weighted by atomic mass is 10.1. The Morgan fingerprint density at radius 3 is 2.20 bits per heavy atom. The molecule has 1 fully saturated rings. The highest BCUT2D eigenvalue weighted by Gasteiger charge is 2.23. The van der Waals surface area contributed by atoms with E-state index < -0.39 is 0 Å². The number of methoxy groups -OCH3 is 1. The molecule has 1 heterocycles. The second-order valence-electron chi connectivity index (χ2n) is 8.55. The zero-order valence-corrected chi connectivity index (χ0v) is 20.3. The number of nitrogens with zero attached hydrogens (tertiary/aromatic N) is 2. The number of carbonyl (C=O) groups excluding carboxylic acids is 2. The van der Waals surface area contributed by atoms with Crippen LogP contribution in [0.4, 0.5) is 17.1 Å². The molecule has 2 amide bonds. The largest absolute Gasteiger partial charge is 0.495 e. The highest BCUT2D eigenvalue weighted by molar-refractivity contribution is 6.02. The predicted molar refractivity (Wildman–Crippen MR) is 141 cm³/mol. The fourth-order valence-electron chi connectivity index (χ4n) is 4.41. The van der Waals surface area contributed by atoms with Gasteiger partial charge in [-0.05, 0) is 42.3 Å². The molecule has 0 spiro atoms. The number of rotatable bonds is 8. The minimum absolute atomic E-state index is 0.143. The standard InChI is InChI=1S/C28H32N4O3/c1-21(33)30-23-12-13-25(24(20-23)28(34)29-15-14-22-8-4-3-5-9-22)31-16-18-32(19-17-31)26-10-6-7-11-27(26)35-2/h3-13,20H,14-19H2,1-2H3,(H,29,34)(H,30,33). The molecule has 3 aromatic carbocycles. The van der Waals surface area contributed by atoms with Crippen LogP contribution in [-0.2, 0) is 11.2 Å². The van der Waals surface area contributed by atoms with E-state index in [0.29, 0.717) is 17.8 Å². The first-order valence-electron chi connectivity index (χ1n) is 11.9. The Kier molecular flexibility index (Phi) is 7.88. The molecule has 0 aromatic heterocycles. The normalized spacial score (nSPS) is 13.3. The van der Waals surface area contributed by atoms with Gasteiger partial charge in [0, 0.05) is 51.0 Å². The number of hydrogen-bond acceptors (Lipinski definition) is 5. The fraction of sp³-hybridized carbons (Fsp3) is 0.286. The van der Waals surface area contributed by atoms with Crippen LogP contribution in [0.15, 0.2) is 72.8 Å². The SMILES string of the molecule is COc1ccccc1N1CCN(c2ccc(NC(C)=O)cc2C(=O)NCCc2ccccc2)CC1. The van der Waals surface area contributed by atoms with Gasteiger partial charge in [0.25, 0.3) is 5.91 Å².